The van der Waals surface area contributed by atoms with Crippen molar-refractivity contribution >= 4 is 17.5 Å². The van der Waals surface area contributed by atoms with Crippen LogP contribution in [-0.4, -0.2) is 32.1 Å². The number of piperidine rings is 1. The fourth-order valence-electron chi connectivity index (χ4n) is 3.22. The van der Waals surface area contributed by atoms with Gasteiger partial charge >= 0.3 is 6.01 Å². The molecule has 1 aromatic heterocycles. The number of anilines is 1. The van der Waals surface area contributed by atoms with Crippen molar-refractivity contribution in [2.75, 3.05) is 4.90 Å². The van der Waals surface area contributed by atoms with Gasteiger partial charge in [-0.05, 0) is 72.4 Å². The zero-order chi connectivity index (χ0) is 15.8. The molecular weight excluding hydrogens is 288 g/mol. The SMILES string of the molecule is CC(C)Oc1nc(Cl)nc(N2C(C)(C)CCCC2(C)C)n1. The summed E-state index contributed by atoms with van der Waals surface area (Å²) in [6.45, 7) is 12.7. The highest BCUT2D eigenvalue weighted by Crippen LogP contribution is 2.40. The molecule has 0 amide bonds. The van der Waals surface area contributed by atoms with Crippen molar-refractivity contribution in [1.82, 2.24) is 15.0 Å². The summed E-state index contributed by atoms with van der Waals surface area (Å²) in [5, 5.41) is 0.174. The van der Waals surface area contributed by atoms with Crippen molar-refractivity contribution < 1.29 is 4.74 Å². The summed E-state index contributed by atoms with van der Waals surface area (Å²) in [6.07, 6.45) is 3.39. The second-order valence-corrected chi connectivity index (χ2v) is 7.51. The molecule has 0 spiro atoms. The van der Waals surface area contributed by atoms with E-state index in [4.69, 9.17) is 16.3 Å². The molecule has 0 saturated carbocycles. The minimum atomic E-state index is -0.0263. The van der Waals surface area contributed by atoms with Crippen molar-refractivity contribution in [3.63, 3.8) is 0 Å². The van der Waals surface area contributed by atoms with Crippen LogP contribution in [0.5, 0.6) is 6.01 Å². The van der Waals surface area contributed by atoms with Crippen molar-refractivity contribution in [1.29, 1.82) is 0 Å². The first-order chi connectivity index (χ1) is 9.62. The topological polar surface area (TPSA) is 51.1 Å². The van der Waals surface area contributed by atoms with Gasteiger partial charge in [-0.3, -0.25) is 0 Å². The predicted molar refractivity (Wildman–Crippen MR) is 85.1 cm³/mol. The Labute approximate surface area is 132 Å². The number of hydrogen-bond donors (Lipinski definition) is 0. The van der Waals surface area contributed by atoms with Crippen LogP contribution in [0.3, 0.4) is 0 Å². The Kier molecular flexibility index (Phi) is 4.34. The third kappa shape index (κ3) is 3.57. The van der Waals surface area contributed by atoms with Crippen molar-refractivity contribution in [2.45, 2.75) is 78.0 Å². The summed E-state index contributed by atoms with van der Waals surface area (Å²) < 4.78 is 5.59. The third-order valence-corrected chi connectivity index (χ3v) is 4.07. The van der Waals surface area contributed by atoms with Crippen LogP contribution < -0.4 is 9.64 Å². The maximum absolute atomic E-state index is 6.07. The van der Waals surface area contributed by atoms with Gasteiger partial charge in [-0.25, -0.2) is 0 Å². The largest absolute Gasteiger partial charge is 0.461 e. The zero-order valence-corrected chi connectivity index (χ0v) is 14.5. The lowest BCUT2D eigenvalue weighted by atomic mass is 9.80. The molecule has 2 rings (SSSR count). The average Bonchev–Trinajstić information content (AvgIpc) is 2.23. The zero-order valence-electron chi connectivity index (χ0n) is 13.8. The fraction of sp³-hybridized carbons (Fsp3) is 0.800. The number of ether oxygens (including phenoxy) is 1. The maximum Gasteiger partial charge on any atom is 0.322 e. The van der Waals surface area contributed by atoms with Crippen LogP contribution in [0.2, 0.25) is 5.28 Å². The average molecular weight is 313 g/mol. The van der Waals surface area contributed by atoms with Crippen LogP contribution in [0.1, 0.15) is 60.8 Å². The first-order valence-corrected chi connectivity index (χ1v) is 7.88. The molecule has 5 nitrogen and oxygen atoms in total. The second kappa shape index (κ2) is 5.59. The van der Waals surface area contributed by atoms with E-state index < -0.39 is 0 Å². The van der Waals surface area contributed by atoms with Gasteiger partial charge in [-0.1, -0.05) is 0 Å². The van der Waals surface area contributed by atoms with Crippen LogP contribution in [0.15, 0.2) is 0 Å². The molecule has 118 valence electrons. The highest BCUT2D eigenvalue weighted by Gasteiger charge is 2.43. The summed E-state index contributed by atoms with van der Waals surface area (Å²) in [6, 6.07) is 0.289. The van der Waals surface area contributed by atoms with Crippen LogP contribution in [0.25, 0.3) is 0 Å². The highest BCUT2D eigenvalue weighted by atomic mass is 35.5. The van der Waals surface area contributed by atoms with E-state index in [9.17, 15) is 0 Å². The Morgan fingerprint density at radius 2 is 1.62 bits per heavy atom. The van der Waals surface area contributed by atoms with Gasteiger partial charge in [0.25, 0.3) is 0 Å². The monoisotopic (exact) mass is 312 g/mol. The van der Waals surface area contributed by atoms with Gasteiger partial charge < -0.3 is 9.64 Å². The molecule has 1 aromatic rings. The Morgan fingerprint density at radius 3 is 2.14 bits per heavy atom. The van der Waals surface area contributed by atoms with E-state index >= 15 is 0 Å². The first-order valence-electron chi connectivity index (χ1n) is 7.50. The van der Waals surface area contributed by atoms with Gasteiger partial charge in [0.1, 0.15) is 0 Å². The Hall–Kier alpha value is -1.10. The molecular formula is C15H25ClN4O. The van der Waals surface area contributed by atoms with E-state index in [0.29, 0.717) is 5.95 Å². The van der Waals surface area contributed by atoms with E-state index in [1.165, 1.54) is 6.42 Å². The van der Waals surface area contributed by atoms with E-state index in [-0.39, 0.29) is 28.5 Å². The molecule has 1 fully saturated rings. The van der Waals surface area contributed by atoms with Gasteiger partial charge in [0.05, 0.1) is 6.10 Å². The molecule has 6 heteroatoms. The third-order valence-electron chi connectivity index (χ3n) is 3.90. The van der Waals surface area contributed by atoms with Crippen molar-refractivity contribution in [3.05, 3.63) is 5.28 Å². The molecule has 0 unspecified atom stereocenters. The lowest BCUT2D eigenvalue weighted by molar-refractivity contribution is 0.215. The predicted octanol–water partition coefficient (Wildman–Crippen LogP) is 3.86. The second-order valence-electron chi connectivity index (χ2n) is 7.17. The van der Waals surface area contributed by atoms with Gasteiger partial charge in [0, 0.05) is 11.1 Å². The molecule has 0 atom stereocenters. The van der Waals surface area contributed by atoms with Crippen LogP contribution >= 0.6 is 11.6 Å². The van der Waals surface area contributed by atoms with Gasteiger partial charge in [0.15, 0.2) is 0 Å². The van der Waals surface area contributed by atoms with Gasteiger partial charge in [0.2, 0.25) is 11.2 Å². The van der Waals surface area contributed by atoms with Gasteiger partial charge in [-0.2, -0.15) is 15.0 Å². The highest BCUT2D eigenvalue weighted by molar-refractivity contribution is 6.28. The van der Waals surface area contributed by atoms with Crippen molar-refractivity contribution in [2.24, 2.45) is 0 Å². The molecule has 0 N–H and O–H groups in total. The van der Waals surface area contributed by atoms with Gasteiger partial charge in [-0.15, -0.1) is 0 Å². The first kappa shape index (κ1) is 16.3. The molecule has 0 radical (unpaired) electrons. The minimum absolute atomic E-state index is 0.00121. The molecule has 0 bridgehead atoms. The molecule has 0 aromatic carbocycles. The van der Waals surface area contributed by atoms with E-state index in [2.05, 4.69) is 47.5 Å². The molecule has 21 heavy (non-hydrogen) atoms. The number of nitrogens with zero attached hydrogens (tertiary/aromatic N) is 4. The van der Waals surface area contributed by atoms with Crippen LogP contribution in [-0.2, 0) is 0 Å². The molecule has 1 aliphatic rings. The van der Waals surface area contributed by atoms with Crippen LogP contribution in [0.4, 0.5) is 5.95 Å². The smallest absolute Gasteiger partial charge is 0.322 e. The van der Waals surface area contributed by atoms with E-state index in [1.807, 2.05) is 13.8 Å². The Balaban J connectivity index is 2.45. The number of aromatic nitrogens is 3. The normalized spacial score (nSPS) is 20.7. The standard InChI is InChI=1S/C15H25ClN4O/c1-10(2)21-13-18-11(16)17-12(19-13)20-14(3,4)8-7-9-15(20,5)6/h10H,7-9H2,1-6H3. The number of rotatable bonds is 3. The molecule has 2 heterocycles. The maximum atomic E-state index is 6.07. The minimum Gasteiger partial charge on any atom is -0.461 e. The summed E-state index contributed by atoms with van der Waals surface area (Å²) in [4.78, 5) is 15.1. The number of halogens is 1. The fourth-order valence-corrected chi connectivity index (χ4v) is 3.37. The Bertz CT molecular complexity index is 500. The number of hydrogen-bond acceptors (Lipinski definition) is 5. The van der Waals surface area contributed by atoms with Crippen molar-refractivity contribution in [3.8, 4) is 6.01 Å². The summed E-state index contributed by atoms with van der Waals surface area (Å²) in [7, 11) is 0. The molecule has 0 aliphatic carbocycles. The van der Waals surface area contributed by atoms with E-state index in [0.717, 1.165) is 12.8 Å². The quantitative estimate of drug-likeness (QED) is 0.848. The van der Waals surface area contributed by atoms with Crippen LogP contribution in [0, 0.1) is 0 Å². The lowest BCUT2D eigenvalue weighted by Gasteiger charge is -2.52. The summed E-state index contributed by atoms with van der Waals surface area (Å²) >= 11 is 6.07. The summed E-state index contributed by atoms with van der Waals surface area (Å²) in [5.41, 5.74) is -0.0525. The lowest BCUT2D eigenvalue weighted by Crippen LogP contribution is -2.59. The molecule has 1 aliphatic heterocycles. The van der Waals surface area contributed by atoms with E-state index in [1.54, 1.807) is 0 Å². The summed E-state index contributed by atoms with van der Waals surface area (Å²) in [5.74, 6) is 0.598. The molecule has 1 saturated heterocycles. The Morgan fingerprint density at radius 1 is 1.05 bits per heavy atom.